The monoisotopic (exact) mass is 385 g/mol. The van der Waals surface area contributed by atoms with E-state index in [-0.39, 0.29) is 11.6 Å². The van der Waals surface area contributed by atoms with Crippen molar-refractivity contribution in [2.45, 2.75) is 26.4 Å². The van der Waals surface area contributed by atoms with Gasteiger partial charge < -0.3 is 10.1 Å². The lowest BCUT2D eigenvalue weighted by Crippen LogP contribution is -2.21. The van der Waals surface area contributed by atoms with Crippen molar-refractivity contribution in [3.05, 3.63) is 57.4 Å². The molecular formula is C16H17FINO. The number of para-hydroxylation sites is 1. The van der Waals surface area contributed by atoms with E-state index in [0.717, 1.165) is 9.13 Å². The minimum absolute atomic E-state index is 0.252. The summed E-state index contributed by atoms with van der Waals surface area (Å²) < 4.78 is 20.6. The molecule has 0 heterocycles. The van der Waals surface area contributed by atoms with Crippen molar-refractivity contribution in [2.75, 3.05) is 0 Å². The van der Waals surface area contributed by atoms with Crippen LogP contribution in [-0.4, -0.2) is 6.04 Å². The van der Waals surface area contributed by atoms with Gasteiger partial charge in [0.25, 0.3) is 0 Å². The quantitative estimate of drug-likeness (QED) is 0.753. The Hall–Kier alpha value is -1.14. The lowest BCUT2D eigenvalue weighted by molar-refractivity contribution is 0.438. The molecule has 0 bridgehead atoms. The number of hydrogen-bond donors (Lipinski definition) is 1. The normalized spacial score (nSPS) is 10.8. The first-order valence-corrected chi connectivity index (χ1v) is 7.58. The maximum atomic E-state index is 14.0. The first-order valence-electron chi connectivity index (χ1n) is 6.50. The average molecular weight is 385 g/mol. The van der Waals surface area contributed by atoms with Crippen LogP contribution in [0.15, 0.2) is 42.5 Å². The summed E-state index contributed by atoms with van der Waals surface area (Å²) in [5.41, 5.74) is 0.909. The summed E-state index contributed by atoms with van der Waals surface area (Å²) in [5.74, 6) is 0.579. The van der Waals surface area contributed by atoms with Gasteiger partial charge in [0.1, 0.15) is 5.75 Å². The second kappa shape index (κ2) is 7.04. The third-order valence-electron chi connectivity index (χ3n) is 2.77. The van der Waals surface area contributed by atoms with Gasteiger partial charge in [0, 0.05) is 12.6 Å². The van der Waals surface area contributed by atoms with E-state index in [1.54, 1.807) is 6.07 Å². The number of rotatable bonds is 5. The molecule has 1 N–H and O–H groups in total. The molecule has 20 heavy (non-hydrogen) atoms. The summed E-state index contributed by atoms with van der Waals surface area (Å²) >= 11 is 2.17. The Bertz CT molecular complexity index is 586. The fourth-order valence-corrected chi connectivity index (χ4v) is 2.20. The molecule has 0 fully saturated rings. The molecule has 0 saturated carbocycles. The second-order valence-electron chi connectivity index (χ2n) is 4.83. The van der Waals surface area contributed by atoms with E-state index in [9.17, 15) is 4.39 Å². The second-order valence-corrected chi connectivity index (χ2v) is 6.00. The Morgan fingerprint density at radius 1 is 1.15 bits per heavy atom. The summed E-state index contributed by atoms with van der Waals surface area (Å²) in [6.45, 7) is 4.77. The van der Waals surface area contributed by atoms with Gasteiger partial charge in [-0.15, -0.1) is 0 Å². The lowest BCUT2D eigenvalue weighted by Gasteiger charge is -2.11. The molecule has 0 unspecified atom stereocenters. The predicted molar refractivity (Wildman–Crippen MR) is 87.6 cm³/mol. The summed E-state index contributed by atoms with van der Waals surface area (Å²) in [7, 11) is 0. The minimum Gasteiger partial charge on any atom is -0.453 e. The number of halogens is 2. The molecule has 106 valence electrons. The van der Waals surface area contributed by atoms with Gasteiger partial charge in [0.15, 0.2) is 11.6 Å². The van der Waals surface area contributed by atoms with Gasteiger partial charge in [0.05, 0.1) is 3.57 Å². The Morgan fingerprint density at radius 3 is 2.55 bits per heavy atom. The van der Waals surface area contributed by atoms with Crippen LogP contribution in [0.5, 0.6) is 11.5 Å². The maximum Gasteiger partial charge on any atom is 0.166 e. The van der Waals surface area contributed by atoms with Crippen molar-refractivity contribution < 1.29 is 9.13 Å². The van der Waals surface area contributed by atoms with Gasteiger partial charge in [-0.2, -0.15) is 0 Å². The highest BCUT2D eigenvalue weighted by atomic mass is 127. The van der Waals surface area contributed by atoms with Crippen LogP contribution >= 0.6 is 22.6 Å². The maximum absolute atomic E-state index is 14.0. The zero-order valence-corrected chi connectivity index (χ0v) is 13.6. The van der Waals surface area contributed by atoms with Crippen molar-refractivity contribution in [3.63, 3.8) is 0 Å². The standard InChI is InChI=1S/C16H17FINO/c1-11(2)19-10-12-7-8-15(13(17)9-12)20-16-6-4-3-5-14(16)18/h3-9,11,19H,10H2,1-2H3. The Labute approximate surface area is 132 Å². The zero-order chi connectivity index (χ0) is 14.5. The molecule has 0 saturated heterocycles. The molecule has 0 aliphatic heterocycles. The SMILES string of the molecule is CC(C)NCc1ccc(Oc2ccccc2I)c(F)c1. The first-order chi connectivity index (χ1) is 9.56. The van der Waals surface area contributed by atoms with Gasteiger partial charge in [-0.25, -0.2) is 4.39 Å². The molecule has 0 aliphatic rings. The van der Waals surface area contributed by atoms with Crippen LogP contribution in [0.25, 0.3) is 0 Å². The fourth-order valence-electron chi connectivity index (χ4n) is 1.71. The van der Waals surface area contributed by atoms with Crippen LogP contribution in [-0.2, 0) is 6.54 Å². The van der Waals surface area contributed by atoms with Crippen LogP contribution in [0.2, 0.25) is 0 Å². The van der Waals surface area contributed by atoms with E-state index in [1.807, 2.05) is 30.3 Å². The summed E-state index contributed by atoms with van der Waals surface area (Å²) in [5, 5.41) is 3.26. The Balaban J connectivity index is 2.12. The first kappa shape index (κ1) is 15.3. The average Bonchev–Trinajstić information content (AvgIpc) is 2.41. The van der Waals surface area contributed by atoms with Crippen molar-refractivity contribution in [3.8, 4) is 11.5 Å². The molecule has 2 aromatic rings. The van der Waals surface area contributed by atoms with Crippen molar-refractivity contribution >= 4 is 22.6 Å². The van der Waals surface area contributed by atoms with Gasteiger partial charge in [-0.1, -0.05) is 32.0 Å². The largest absolute Gasteiger partial charge is 0.453 e. The Morgan fingerprint density at radius 2 is 1.90 bits per heavy atom. The third kappa shape index (κ3) is 4.18. The van der Waals surface area contributed by atoms with Gasteiger partial charge >= 0.3 is 0 Å². The third-order valence-corrected chi connectivity index (χ3v) is 3.66. The number of benzene rings is 2. The topological polar surface area (TPSA) is 21.3 Å². The highest BCUT2D eigenvalue weighted by molar-refractivity contribution is 14.1. The van der Waals surface area contributed by atoms with Crippen molar-refractivity contribution in [1.29, 1.82) is 0 Å². The number of ether oxygens (including phenoxy) is 1. The van der Waals surface area contributed by atoms with Crippen LogP contribution in [0, 0.1) is 9.39 Å². The fraction of sp³-hybridized carbons (Fsp3) is 0.250. The van der Waals surface area contributed by atoms with E-state index >= 15 is 0 Å². The molecule has 2 nitrogen and oxygen atoms in total. The van der Waals surface area contributed by atoms with E-state index in [4.69, 9.17) is 4.74 Å². The van der Waals surface area contributed by atoms with E-state index in [2.05, 4.69) is 41.8 Å². The molecule has 0 aromatic heterocycles. The molecule has 2 rings (SSSR count). The molecule has 0 spiro atoms. The highest BCUT2D eigenvalue weighted by Gasteiger charge is 2.08. The smallest absolute Gasteiger partial charge is 0.166 e. The van der Waals surface area contributed by atoms with Crippen LogP contribution in [0.3, 0.4) is 0 Å². The number of hydrogen-bond acceptors (Lipinski definition) is 2. The van der Waals surface area contributed by atoms with Crippen LogP contribution in [0.4, 0.5) is 4.39 Å². The molecule has 2 aromatic carbocycles. The molecule has 0 aliphatic carbocycles. The Kier molecular flexibility index (Phi) is 5.37. The summed E-state index contributed by atoms with van der Waals surface area (Å²) in [4.78, 5) is 0. The van der Waals surface area contributed by atoms with Gasteiger partial charge in [-0.05, 0) is 52.4 Å². The van der Waals surface area contributed by atoms with Crippen molar-refractivity contribution in [1.82, 2.24) is 5.32 Å². The zero-order valence-electron chi connectivity index (χ0n) is 11.5. The van der Waals surface area contributed by atoms with E-state index in [1.165, 1.54) is 6.07 Å². The predicted octanol–water partition coefficient (Wildman–Crippen LogP) is 4.72. The highest BCUT2D eigenvalue weighted by Crippen LogP contribution is 2.28. The molecule has 0 amide bonds. The molecular weight excluding hydrogens is 368 g/mol. The molecule has 0 radical (unpaired) electrons. The minimum atomic E-state index is -0.340. The van der Waals surface area contributed by atoms with E-state index < -0.39 is 0 Å². The summed E-state index contributed by atoms with van der Waals surface area (Å²) in [6.07, 6.45) is 0. The van der Waals surface area contributed by atoms with Crippen LogP contribution < -0.4 is 10.1 Å². The lowest BCUT2D eigenvalue weighted by atomic mass is 10.2. The van der Waals surface area contributed by atoms with Gasteiger partial charge in [0.2, 0.25) is 0 Å². The summed E-state index contributed by atoms with van der Waals surface area (Å²) in [6, 6.07) is 13.0. The molecule has 4 heteroatoms. The van der Waals surface area contributed by atoms with Crippen LogP contribution in [0.1, 0.15) is 19.4 Å². The van der Waals surface area contributed by atoms with Crippen molar-refractivity contribution in [2.24, 2.45) is 0 Å². The van der Waals surface area contributed by atoms with E-state index in [0.29, 0.717) is 18.3 Å². The number of nitrogens with one attached hydrogen (secondary N) is 1. The molecule has 0 atom stereocenters. The van der Waals surface area contributed by atoms with Gasteiger partial charge in [-0.3, -0.25) is 0 Å².